The van der Waals surface area contributed by atoms with Gasteiger partial charge in [-0.15, -0.1) is 0 Å². The van der Waals surface area contributed by atoms with Crippen molar-refractivity contribution in [3.63, 3.8) is 0 Å². The number of anilines is 2. The molecule has 2 heterocycles. The van der Waals surface area contributed by atoms with Crippen LogP contribution in [0.1, 0.15) is 128 Å². The largest absolute Gasteiger partial charge is 0.506 e. The van der Waals surface area contributed by atoms with E-state index in [9.17, 15) is 27.9 Å². The molecule has 0 radical (unpaired) electrons. The molecule has 2 aliphatic rings. The van der Waals surface area contributed by atoms with Crippen molar-refractivity contribution in [1.82, 2.24) is 15.1 Å². The molecule has 2 fully saturated rings. The fourth-order valence-corrected chi connectivity index (χ4v) is 7.41. The van der Waals surface area contributed by atoms with E-state index < -0.39 is 11.7 Å². The number of rotatable bonds is 17. The lowest BCUT2D eigenvalue weighted by Crippen LogP contribution is -2.45. The molecule has 2 amide bonds. The van der Waals surface area contributed by atoms with Gasteiger partial charge in [0.15, 0.2) is 0 Å². The number of carbonyl (C=O) groups excluding carboxylic acids is 2. The molecule has 2 aromatic carbocycles. The van der Waals surface area contributed by atoms with Crippen molar-refractivity contribution < 1.29 is 27.9 Å². The Kier molecular flexibility index (Phi) is 21.4. The Balaban J connectivity index is 0.000000289. The van der Waals surface area contributed by atoms with Crippen molar-refractivity contribution in [3.8, 4) is 5.75 Å². The van der Waals surface area contributed by atoms with Crippen molar-refractivity contribution in [1.29, 1.82) is 0 Å². The number of hydrogen-bond acceptors (Lipinski definition) is 6. The molecule has 2 unspecified atom stereocenters. The average Bonchev–Trinajstić information content (AvgIpc) is 3.68. The molecule has 2 saturated heterocycles. The van der Waals surface area contributed by atoms with Gasteiger partial charge in [-0.3, -0.25) is 9.59 Å². The molecule has 4 N–H and O–H groups in total. The molecule has 0 aliphatic carbocycles. The highest BCUT2D eigenvalue weighted by Crippen LogP contribution is 2.40. The summed E-state index contributed by atoms with van der Waals surface area (Å²) in [7, 11) is 1.33. The molecular formula is C42H68F3N5O3. The maximum atomic E-state index is 12.4. The van der Waals surface area contributed by atoms with Crippen molar-refractivity contribution in [2.24, 2.45) is 5.92 Å². The van der Waals surface area contributed by atoms with E-state index in [2.05, 4.69) is 59.8 Å². The number of phenols is 1. The summed E-state index contributed by atoms with van der Waals surface area (Å²) in [4.78, 5) is 26.7. The first-order valence-corrected chi connectivity index (χ1v) is 20.0. The SMILES string of the molecule is CCC(=O)N1CCC(N2CCCC2)CC1.CCCC(C)CCCCC(CCC)Nc1ccccc1CNC=O.CNc1c(O)cc(C)cc1C(F)(F)F. The van der Waals surface area contributed by atoms with Crippen LogP contribution < -0.4 is 16.0 Å². The van der Waals surface area contributed by atoms with Crippen LogP contribution in [0.15, 0.2) is 36.4 Å². The van der Waals surface area contributed by atoms with Crippen LogP contribution in [0.4, 0.5) is 24.5 Å². The minimum absolute atomic E-state index is 0.289. The van der Waals surface area contributed by atoms with Crippen LogP contribution in [0.25, 0.3) is 0 Å². The molecule has 0 aromatic heterocycles. The average molecular weight is 748 g/mol. The number of unbranched alkanes of at least 4 members (excludes halogenated alkanes) is 1. The molecule has 2 aromatic rings. The van der Waals surface area contributed by atoms with E-state index in [-0.39, 0.29) is 11.4 Å². The molecule has 2 aliphatic heterocycles. The molecule has 4 rings (SSSR count). The molecule has 0 bridgehead atoms. The van der Waals surface area contributed by atoms with Gasteiger partial charge in [0.2, 0.25) is 12.3 Å². The molecule has 300 valence electrons. The number of aromatic hydroxyl groups is 1. The summed E-state index contributed by atoms with van der Waals surface area (Å²) in [6.45, 7) is 15.5. The maximum Gasteiger partial charge on any atom is 0.418 e. The normalized spacial score (nSPS) is 16.1. The first-order valence-electron chi connectivity index (χ1n) is 20.0. The van der Waals surface area contributed by atoms with E-state index in [4.69, 9.17) is 0 Å². The highest BCUT2D eigenvalue weighted by atomic mass is 19.4. The number of likely N-dealkylation sites (tertiary alicyclic amines) is 2. The third kappa shape index (κ3) is 16.6. The third-order valence-corrected chi connectivity index (χ3v) is 10.3. The zero-order valence-electron chi connectivity index (χ0n) is 33.3. The van der Waals surface area contributed by atoms with Crippen LogP contribution in [0, 0.1) is 12.8 Å². The highest BCUT2D eigenvalue weighted by Gasteiger charge is 2.34. The monoisotopic (exact) mass is 748 g/mol. The zero-order valence-corrected chi connectivity index (χ0v) is 33.3. The van der Waals surface area contributed by atoms with Gasteiger partial charge >= 0.3 is 6.18 Å². The summed E-state index contributed by atoms with van der Waals surface area (Å²) in [5, 5.41) is 18.1. The van der Waals surface area contributed by atoms with E-state index >= 15 is 0 Å². The smallest absolute Gasteiger partial charge is 0.418 e. The van der Waals surface area contributed by atoms with Gasteiger partial charge in [0.1, 0.15) is 5.75 Å². The Bertz CT molecular complexity index is 1330. The van der Waals surface area contributed by atoms with E-state index in [1.807, 2.05) is 17.9 Å². The van der Waals surface area contributed by atoms with E-state index in [0.717, 1.165) is 48.8 Å². The lowest BCUT2D eigenvalue weighted by Gasteiger charge is -2.36. The number of para-hydroxylation sites is 1. The molecule has 11 heteroatoms. The van der Waals surface area contributed by atoms with Crippen molar-refractivity contribution in [2.45, 2.75) is 143 Å². The summed E-state index contributed by atoms with van der Waals surface area (Å²) in [5.41, 5.74) is 1.54. The number of halogens is 3. The Morgan fingerprint density at radius 2 is 1.60 bits per heavy atom. The van der Waals surface area contributed by atoms with Crippen molar-refractivity contribution in [2.75, 3.05) is 43.9 Å². The minimum atomic E-state index is -4.46. The molecule has 8 nitrogen and oxygen atoms in total. The Morgan fingerprint density at radius 3 is 2.19 bits per heavy atom. The number of nitrogens with one attached hydrogen (secondary N) is 3. The first kappa shape index (κ1) is 45.7. The second-order valence-corrected chi connectivity index (χ2v) is 14.6. The van der Waals surface area contributed by atoms with E-state index in [1.54, 1.807) is 0 Å². The summed E-state index contributed by atoms with van der Waals surface area (Å²) in [5.74, 6) is 0.803. The van der Waals surface area contributed by atoms with Gasteiger partial charge in [-0.1, -0.05) is 84.4 Å². The van der Waals surface area contributed by atoms with Gasteiger partial charge in [0, 0.05) is 50.9 Å². The lowest BCUT2D eigenvalue weighted by atomic mass is 9.96. The molecule has 0 spiro atoms. The second kappa shape index (κ2) is 24.8. The van der Waals surface area contributed by atoms with Crippen molar-refractivity contribution >= 4 is 23.7 Å². The first-order chi connectivity index (χ1) is 25.4. The number of aryl methyl sites for hydroxylation is 1. The lowest BCUT2D eigenvalue weighted by molar-refractivity contribution is -0.137. The number of nitrogens with zero attached hydrogens (tertiary/aromatic N) is 2. The number of benzene rings is 2. The van der Waals surface area contributed by atoms with Gasteiger partial charge in [0.05, 0.1) is 11.3 Å². The number of amides is 2. The van der Waals surface area contributed by atoms with Crippen LogP contribution in [0.2, 0.25) is 0 Å². The van der Waals surface area contributed by atoms with Crippen LogP contribution in [-0.4, -0.2) is 72.5 Å². The molecular weight excluding hydrogens is 679 g/mol. The number of phenolic OH excluding ortho intramolecular Hbond substituents is 1. The summed E-state index contributed by atoms with van der Waals surface area (Å²) >= 11 is 0. The standard InChI is InChI=1S/C21H36N2O.C12H22N2O.C9H10F3NO/c1-4-10-18(3)12-6-8-14-20(11-5-2)23-21-15-9-7-13-19(21)16-22-17-24;1-2-12(15)14-9-5-11(6-10-14)13-7-3-4-8-13;1-5-3-6(9(10,11)12)8(13-2)7(14)4-5/h7,9,13,15,17-18,20,23H,4-6,8,10-12,14,16H2,1-3H3,(H,22,24);11H,2-10H2,1H3;3-4,13-14H,1-2H3. The van der Waals surface area contributed by atoms with Gasteiger partial charge in [0.25, 0.3) is 0 Å². The van der Waals surface area contributed by atoms with Gasteiger partial charge in [-0.05, 0) is 93.8 Å². The quantitative estimate of drug-likeness (QED) is 0.0732. The summed E-state index contributed by atoms with van der Waals surface area (Å²) < 4.78 is 37.3. The predicted molar refractivity (Wildman–Crippen MR) is 212 cm³/mol. The summed E-state index contributed by atoms with van der Waals surface area (Å²) in [6.07, 6.45) is 12.3. The highest BCUT2D eigenvalue weighted by molar-refractivity contribution is 5.75. The fraction of sp³-hybridized carbons (Fsp3) is 0.667. The summed E-state index contributed by atoms with van der Waals surface area (Å²) in [6, 6.07) is 11.8. The number of alkyl halides is 3. The molecule has 0 saturated carbocycles. The van der Waals surface area contributed by atoms with Crippen LogP contribution in [0.5, 0.6) is 5.75 Å². The van der Waals surface area contributed by atoms with Gasteiger partial charge in [-0.25, -0.2) is 0 Å². The van der Waals surface area contributed by atoms with Crippen LogP contribution in [0.3, 0.4) is 0 Å². The maximum absolute atomic E-state index is 12.4. The van der Waals surface area contributed by atoms with Gasteiger partial charge in [-0.2, -0.15) is 13.2 Å². The third-order valence-electron chi connectivity index (χ3n) is 10.3. The number of piperidine rings is 1. The Hall–Kier alpha value is -3.47. The topological polar surface area (TPSA) is 96.9 Å². The minimum Gasteiger partial charge on any atom is -0.506 e. The van der Waals surface area contributed by atoms with E-state index in [1.165, 1.54) is 110 Å². The number of hydrogen-bond donors (Lipinski definition) is 4. The Morgan fingerprint density at radius 1 is 0.962 bits per heavy atom. The Labute approximate surface area is 317 Å². The van der Waals surface area contributed by atoms with Crippen LogP contribution >= 0.6 is 0 Å². The van der Waals surface area contributed by atoms with Gasteiger partial charge < -0.3 is 30.9 Å². The fourth-order valence-electron chi connectivity index (χ4n) is 7.41. The predicted octanol–water partition coefficient (Wildman–Crippen LogP) is 9.75. The number of carbonyl (C=O) groups is 2. The second-order valence-electron chi connectivity index (χ2n) is 14.6. The molecule has 53 heavy (non-hydrogen) atoms. The van der Waals surface area contributed by atoms with Crippen LogP contribution in [-0.2, 0) is 22.3 Å². The van der Waals surface area contributed by atoms with E-state index in [0.29, 0.717) is 30.5 Å². The van der Waals surface area contributed by atoms with Crippen molar-refractivity contribution in [3.05, 3.63) is 53.1 Å². The molecule has 2 atom stereocenters. The zero-order chi connectivity index (χ0) is 39.2.